The summed E-state index contributed by atoms with van der Waals surface area (Å²) in [6.07, 6.45) is 0. The second kappa shape index (κ2) is 9.54. The van der Waals surface area contributed by atoms with Crippen molar-refractivity contribution in [3.63, 3.8) is 0 Å². The Bertz CT molecular complexity index is 992. The Morgan fingerprint density at radius 3 is 2.52 bits per heavy atom. The number of hydrogen-bond donors (Lipinski definition) is 3. The summed E-state index contributed by atoms with van der Waals surface area (Å²) in [4.78, 5) is 24.9. The molecule has 7 heteroatoms. The summed E-state index contributed by atoms with van der Waals surface area (Å²) in [5, 5.41) is 18.5. The van der Waals surface area contributed by atoms with Crippen molar-refractivity contribution < 1.29 is 9.59 Å². The second-order valence-corrected chi connectivity index (χ2v) is 9.83. The van der Waals surface area contributed by atoms with Crippen molar-refractivity contribution in [2.75, 3.05) is 11.1 Å². The van der Waals surface area contributed by atoms with Crippen molar-refractivity contribution in [2.45, 2.75) is 44.6 Å². The first-order valence-electron chi connectivity index (χ1n) is 10.2. The topological polar surface area (TPSA) is 94.0 Å². The highest BCUT2D eigenvalue weighted by molar-refractivity contribution is 8.00. The van der Waals surface area contributed by atoms with Crippen molar-refractivity contribution in [3.05, 3.63) is 65.2 Å². The van der Waals surface area contributed by atoms with Gasteiger partial charge in [-0.3, -0.25) is 14.9 Å². The van der Waals surface area contributed by atoms with Gasteiger partial charge in [-0.1, -0.05) is 57.2 Å². The quantitative estimate of drug-likeness (QED) is 0.662. The van der Waals surface area contributed by atoms with Crippen LogP contribution in [0.25, 0.3) is 0 Å². The Labute approximate surface area is 187 Å². The number of nitriles is 1. The third-order valence-corrected chi connectivity index (χ3v) is 6.19. The normalized spacial score (nSPS) is 21.1. The highest BCUT2D eigenvalue weighted by Crippen LogP contribution is 2.30. The van der Waals surface area contributed by atoms with E-state index in [-0.39, 0.29) is 23.0 Å². The predicted octanol–water partition coefficient (Wildman–Crippen LogP) is 3.85. The van der Waals surface area contributed by atoms with Gasteiger partial charge in [0, 0.05) is 5.69 Å². The molecule has 1 aliphatic rings. The van der Waals surface area contributed by atoms with E-state index in [2.05, 4.69) is 42.8 Å². The molecule has 1 saturated heterocycles. The summed E-state index contributed by atoms with van der Waals surface area (Å²) in [5.74, 6) is -1.15. The van der Waals surface area contributed by atoms with Gasteiger partial charge in [-0.05, 0) is 41.2 Å². The van der Waals surface area contributed by atoms with E-state index in [0.29, 0.717) is 0 Å². The standard InChI is InChI=1S/C24H28N4O2S/c1-15-6-5-7-18(12-15)26-20(29)14-31-23-27-21(19(13-25)22(30)28-23)16-8-10-17(11-9-16)24(2,3)4/h5-12,19,21,23,27H,14H2,1-4H3,(H,26,29)(H,28,30). The molecule has 3 unspecified atom stereocenters. The van der Waals surface area contributed by atoms with Crippen molar-refractivity contribution in [3.8, 4) is 6.07 Å². The third-order valence-electron chi connectivity index (χ3n) is 5.18. The Balaban J connectivity index is 1.66. The van der Waals surface area contributed by atoms with Gasteiger partial charge in [0.05, 0.1) is 17.9 Å². The molecule has 2 aromatic carbocycles. The van der Waals surface area contributed by atoms with E-state index >= 15 is 0 Å². The Morgan fingerprint density at radius 1 is 1.19 bits per heavy atom. The maximum Gasteiger partial charge on any atom is 0.241 e. The van der Waals surface area contributed by atoms with E-state index in [4.69, 9.17) is 0 Å². The second-order valence-electron chi connectivity index (χ2n) is 8.74. The van der Waals surface area contributed by atoms with Crippen LogP contribution in [0.3, 0.4) is 0 Å². The number of aryl methyl sites for hydroxylation is 1. The molecule has 3 rings (SSSR count). The number of nitrogens with zero attached hydrogens (tertiary/aromatic N) is 1. The molecule has 0 aromatic heterocycles. The molecule has 162 valence electrons. The molecule has 0 saturated carbocycles. The highest BCUT2D eigenvalue weighted by Gasteiger charge is 2.37. The van der Waals surface area contributed by atoms with Crippen LogP contribution in [0.2, 0.25) is 0 Å². The average Bonchev–Trinajstić information content (AvgIpc) is 2.71. The molecule has 3 N–H and O–H groups in total. The molecule has 0 aliphatic carbocycles. The van der Waals surface area contributed by atoms with E-state index in [1.165, 1.54) is 17.3 Å². The van der Waals surface area contributed by atoms with Crippen LogP contribution >= 0.6 is 11.8 Å². The molecule has 1 fully saturated rings. The maximum absolute atomic E-state index is 12.5. The zero-order valence-electron chi connectivity index (χ0n) is 18.2. The van der Waals surface area contributed by atoms with Crippen molar-refractivity contribution in [1.29, 1.82) is 5.26 Å². The molecule has 0 bridgehead atoms. The van der Waals surface area contributed by atoms with Crippen LogP contribution in [0.4, 0.5) is 5.69 Å². The minimum Gasteiger partial charge on any atom is -0.331 e. The van der Waals surface area contributed by atoms with E-state index < -0.39 is 17.5 Å². The first-order valence-corrected chi connectivity index (χ1v) is 11.3. The number of nitrogens with one attached hydrogen (secondary N) is 3. The van der Waals surface area contributed by atoms with Crippen LogP contribution < -0.4 is 16.0 Å². The summed E-state index contributed by atoms with van der Waals surface area (Å²) in [6.45, 7) is 8.38. The maximum atomic E-state index is 12.5. The SMILES string of the molecule is Cc1cccc(NC(=O)CSC2NC(=O)C(C#N)C(c3ccc(C(C)(C)C)cc3)N2)c1. The van der Waals surface area contributed by atoms with Gasteiger partial charge >= 0.3 is 0 Å². The monoisotopic (exact) mass is 436 g/mol. The number of carbonyl (C=O) groups is 2. The highest BCUT2D eigenvalue weighted by atomic mass is 32.2. The molecule has 31 heavy (non-hydrogen) atoms. The van der Waals surface area contributed by atoms with Gasteiger partial charge in [-0.25, -0.2) is 0 Å². The lowest BCUT2D eigenvalue weighted by atomic mass is 9.85. The molecule has 2 aromatic rings. The zero-order chi connectivity index (χ0) is 22.6. The third kappa shape index (κ3) is 5.87. The van der Waals surface area contributed by atoms with Crippen molar-refractivity contribution in [2.24, 2.45) is 5.92 Å². The minimum atomic E-state index is -0.835. The van der Waals surface area contributed by atoms with Crippen LogP contribution in [-0.2, 0) is 15.0 Å². The average molecular weight is 437 g/mol. The lowest BCUT2D eigenvalue weighted by molar-refractivity contribution is -0.126. The smallest absolute Gasteiger partial charge is 0.241 e. The molecule has 3 atom stereocenters. The summed E-state index contributed by atoms with van der Waals surface area (Å²) < 4.78 is 0. The fourth-order valence-electron chi connectivity index (χ4n) is 3.45. The number of amides is 2. The number of carbonyl (C=O) groups excluding carboxylic acids is 2. The van der Waals surface area contributed by atoms with Crippen LogP contribution in [0.5, 0.6) is 0 Å². The number of thioether (sulfide) groups is 1. The van der Waals surface area contributed by atoms with Crippen LogP contribution in [0, 0.1) is 24.2 Å². The number of rotatable bonds is 5. The summed E-state index contributed by atoms with van der Waals surface area (Å²) in [7, 11) is 0. The van der Waals surface area contributed by atoms with E-state index in [0.717, 1.165) is 16.8 Å². The lowest BCUT2D eigenvalue weighted by Gasteiger charge is -2.34. The summed E-state index contributed by atoms with van der Waals surface area (Å²) in [6, 6.07) is 17.3. The van der Waals surface area contributed by atoms with Crippen molar-refractivity contribution >= 4 is 29.3 Å². The molecular formula is C24H28N4O2S. The molecule has 2 amide bonds. The lowest BCUT2D eigenvalue weighted by Crippen LogP contribution is -2.56. The summed E-state index contributed by atoms with van der Waals surface area (Å²) >= 11 is 1.29. The Morgan fingerprint density at radius 2 is 1.90 bits per heavy atom. The Kier molecular flexibility index (Phi) is 7.04. The van der Waals surface area contributed by atoms with Gasteiger partial charge < -0.3 is 10.6 Å². The fourth-order valence-corrected chi connectivity index (χ4v) is 4.28. The Hall–Kier alpha value is -2.82. The summed E-state index contributed by atoms with van der Waals surface area (Å²) in [5.41, 5.74) is 3.43. The molecule has 6 nitrogen and oxygen atoms in total. The molecule has 0 spiro atoms. The van der Waals surface area contributed by atoms with Gasteiger partial charge in [0.2, 0.25) is 11.8 Å². The number of benzene rings is 2. The van der Waals surface area contributed by atoms with E-state index in [9.17, 15) is 14.9 Å². The minimum absolute atomic E-state index is 0.0214. The number of anilines is 1. The fraction of sp³-hybridized carbons (Fsp3) is 0.375. The van der Waals surface area contributed by atoms with Gasteiger partial charge in [0.1, 0.15) is 11.4 Å². The van der Waals surface area contributed by atoms with Crippen LogP contribution in [-0.4, -0.2) is 23.1 Å². The first-order chi connectivity index (χ1) is 14.7. The van der Waals surface area contributed by atoms with Gasteiger partial charge in [-0.2, -0.15) is 5.26 Å². The van der Waals surface area contributed by atoms with Crippen LogP contribution in [0.15, 0.2) is 48.5 Å². The number of hydrogen-bond acceptors (Lipinski definition) is 5. The molecular weight excluding hydrogens is 408 g/mol. The largest absolute Gasteiger partial charge is 0.331 e. The molecule has 0 radical (unpaired) electrons. The van der Waals surface area contributed by atoms with E-state index in [1.54, 1.807) is 0 Å². The van der Waals surface area contributed by atoms with Crippen molar-refractivity contribution in [1.82, 2.24) is 10.6 Å². The van der Waals surface area contributed by atoms with Gasteiger partial charge in [0.25, 0.3) is 0 Å². The molecule has 1 aliphatic heterocycles. The zero-order valence-corrected chi connectivity index (χ0v) is 19.0. The van der Waals surface area contributed by atoms with Gasteiger partial charge in [-0.15, -0.1) is 11.8 Å². The van der Waals surface area contributed by atoms with Gasteiger partial charge in [0.15, 0.2) is 0 Å². The van der Waals surface area contributed by atoms with Crippen LogP contribution in [0.1, 0.15) is 43.5 Å². The first kappa shape index (κ1) is 22.9. The van der Waals surface area contributed by atoms with E-state index in [1.807, 2.05) is 55.5 Å². The molecule has 1 heterocycles. The predicted molar refractivity (Wildman–Crippen MR) is 124 cm³/mol.